The first-order valence-electron chi connectivity index (χ1n) is 12.6. The lowest BCUT2D eigenvalue weighted by Gasteiger charge is -2.38. The number of ketones is 1. The van der Waals surface area contributed by atoms with Gasteiger partial charge in [-0.3, -0.25) is 4.79 Å². The average molecular weight is 602 g/mol. The molecule has 0 spiro atoms. The van der Waals surface area contributed by atoms with E-state index < -0.39 is 6.04 Å². The third kappa shape index (κ3) is 5.20. The minimum Gasteiger partial charge on any atom is -0.493 e. The second-order valence-electron chi connectivity index (χ2n) is 10.3. The van der Waals surface area contributed by atoms with E-state index in [1.54, 1.807) is 41.8 Å². The second-order valence-corrected chi connectivity index (χ2v) is 12.2. The number of ether oxygens (including phenoxy) is 2. The molecule has 38 heavy (non-hydrogen) atoms. The lowest BCUT2D eigenvalue weighted by Crippen LogP contribution is -2.36. The van der Waals surface area contributed by atoms with Gasteiger partial charge < -0.3 is 14.8 Å². The fourth-order valence-corrected chi connectivity index (χ4v) is 6.21. The zero-order valence-electron chi connectivity index (χ0n) is 21.8. The summed E-state index contributed by atoms with van der Waals surface area (Å²) >= 11 is 5.23. The normalized spacial score (nSPS) is 18.1. The summed E-state index contributed by atoms with van der Waals surface area (Å²) in [5, 5.41) is 8.87. The minimum absolute atomic E-state index is 0.0441. The maximum absolute atomic E-state index is 14.2. The molecule has 2 aromatic carbocycles. The molecule has 0 saturated carbocycles. The maximum Gasteiger partial charge on any atom is 0.227 e. The van der Waals surface area contributed by atoms with Crippen molar-refractivity contribution >= 4 is 39.4 Å². The summed E-state index contributed by atoms with van der Waals surface area (Å²) in [6, 6.07) is 9.80. The predicted octanol–water partition coefficient (Wildman–Crippen LogP) is 6.93. The highest BCUT2D eigenvalue weighted by Crippen LogP contribution is 2.48. The van der Waals surface area contributed by atoms with Gasteiger partial charge in [-0.15, -0.1) is 5.10 Å². The van der Waals surface area contributed by atoms with Crippen LogP contribution in [-0.4, -0.2) is 33.4 Å². The number of thioether (sulfide) groups is 1. The van der Waals surface area contributed by atoms with Gasteiger partial charge in [-0.05, 0) is 57.9 Å². The number of nitrogens with one attached hydrogen (secondary N) is 1. The van der Waals surface area contributed by atoms with Crippen LogP contribution in [0.25, 0.3) is 0 Å². The van der Waals surface area contributed by atoms with Gasteiger partial charge in [-0.2, -0.15) is 4.98 Å². The van der Waals surface area contributed by atoms with Crippen molar-refractivity contribution in [3.8, 4) is 11.5 Å². The number of allylic oxidation sites excluding steroid dienone is 2. The molecular weight excluding hydrogens is 571 g/mol. The Morgan fingerprint density at radius 3 is 2.79 bits per heavy atom. The number of carbonyl (C=O) groups is 1. The van der Waals surface area contributed by atoms with Crippen LogP contribution in [0.2, 0.25) is 0 Å². The Labute approximate surface area is 234 Å². The van der Waals surface area contributed by atoms with Gasteiger partial charge in [-0.1, -0.05) is 50.7 Å². The molecule has 200 valence electrons. The van der Waals surface area contributed by atoms with Crippen molar-refractivity contribution in [2.45, 2.75) is 57.8 Å². The van der Waals surface area contributed by atoms with Crippen LogP contribution >= 0.6 is 27.7 Å². The molecule has 2 aliphatic rings. The van der Waals surface area contributed by atoms with Crippen LogP contribution in [0.4, 0.5) is 10.3 Å². The number of benzene rings is 2. The number of rotatable bonds is 8. The van der Waals surface area contributed by atoms with Crippen molar-refractivity contribution < 1.29 is 18.7 Å². The Hall–Kier alpha value is -2.85. The summed E-state index contributed by atoms with van der Waals surface area (Å²) in [4.78, 5) is 18.3. The van der Waals surface area contributed by atoms with Crippen molar-refractivity contribution in [3.63, 3.8) is 0 Å². The van der Waals surface area contributed by atoms with E-state index in [2.05, 4.69) is 42.0 Å². The van der Waals surface area contributed by atoms with E-state index in [-0.39, 0.29) is 23.6 Å². The van der Waals surface area contributed by atoms with E-state index >= 15 is 0 Å². The average Bonchev–Trinajstić information content (AvgIpc) is 3.27. The molecule has 1 aliphatic carbocycles. The van der Waals surface area contributed by atoms with Crippen LogP contribution < -0.4 is 14.8 Å². The molecule has 0 saturated heterocycles. The highest BCUT2D eigenvalue weighted by Gasteiger charge is 2.42. The van der Waals surface area contributed by atoms with Crippen molar-refractivity contribution in [3.05, 3.63) is 69.1 Å². The third-order valence-corrected chi connectivity index (χ3v) is 8.28. The predicted molar refractivity (Wildman–Crippen MR) is 149 cm³/mol. The molecule has 7 nitrogen and oxygen atoms in total. The quantitative estimate of drug-likeness (QED) is 0.281. The number of aromatic nitrogens is 3. The summed E-state index contributed by atoms with van der Waals surface area (Å²) < 4.78 is 28.3. The van der Waals surface area contributed by atoms with Crippen molar-refractivity contribution in [2.75, 3.05) is 18.2 Å². The second kappa shape index (κ2) is 10.7. The molecule has 10 heteroatoms. The SMILES string of the molecule is CCCSc1nc2n(n1)C(c1cc(Br)c(OCc3ccccc3F)c(OC)c1)C1=C(CC(C)(C)CC1=O)N2. The number of carbonyl (C=O) groups excluding carboxylic acids is 1. The monoisotopic (exact) mass is 600 g/mol. The number of fused-ring (bicyclic) bond motifs is 1. The Morgan fingerprint density at radius 1 is 1.26 bits per heavy atom. The van der Waals surface area contributed by atoms with Gasteiger partial charge in [-0.25, -0.2) is 9.07 Å². The number of hydrogen-bond donors (Lipinski definition) is 1. The number of methoxy groups -OCH3 is 1. The Bertz CT molecular complexity index is 1420. The smallest absolute Gasteiger partial charge is 0.227 e. The number of anilines is 1. The Balaban J connectivity index is 1.57. The van der Waals surface area contributed by atoms with Crippen molar-refractivity contribution in [1.82, 2.24) is 14.8 Å². The van der Waals surface area contributed by atoms with Gasteiger partial charge in [0.05, 0.1) is 11.6 Å². The van der Waals surface area contributed by atoms with Crippen LogP contribution in [0, 0.1) is 11.2 Å². The highest BCUT2D eigenvalue weighted by molar-refractivity contribution is 9.10. The molecule has 1 unspecified atom stereocenters. The number of hydrogen-bond acceptors (Lipinski definition) is 7. The summed E-state index contributed by atoms with van der Waals surface area (Å²) in [7, 11) is 1.56. The molecule has 1 aliphatic heterocycles. The number of halogens is 2. The fourth-order valence-electron chi connectivity index (χ4n) is 4.96. The van der Waals surface area contributed by atoms with E-state index in [0.29, 0.717) is 44.6 Å². The van der Waals surface area contributed by atoms with Crippen LogP contribution in [0.1, 0.15) is 57.2 Å². The zero-order chi connectivity index (χ0) is 27.0. The molecular formula is C28H30BrFN4O3S. The molecule has 0 amide bonds. The van der Waals surface area contributed by atoms with E-state index in [1.165, 1.54) is 6.07 Å². The number of Topliss-reactive ketones (excluding diaryl/α,β-unsaturated/α-hetero) is 1. The van der Waals surface area contributed by atoms with E-state index in [9.17, 15) is 9.18 Å². The standard InChI is InChI=1S/C28H30BrFN4O3S/c1-5-10-38-27-32-26-31-20-13-28(2,3)14-21(35)23(20)24(34(26)33-27)17-11-18(29)25(22(12-17)36-4)37-15-16-8-6-7-9-19(16)30/h6-9,11-12,24H,5,10,13-15H2,1-4H3,(H,31,32,33). The van der Waals surface area contributed by atoms with Gasteiger partial charge in [0.1, 0.15) is 18.5 Å². The van der Waals surface area contributed by atoms with Gasteiger partial charge in [0.2, 0.25) is 11.1 Å². The molecule has 0 bridgehead atoms. The molecule has 0 radical (unpaired) electrons. The first-order chi connectivity index (χ1) is 18.2. The topological polar surface area (TPSA) is 78.3 Å². The highest BCUT2D eigenvalue weighted by atomic mass is 79.9. The van der Waals surface area contributed by atoms with Gasteiger partial charge in [0, 0.05) is 29.0 Å². The molecule has 0 fully saturated rings. The molecule has 5 rings (SSSR count). The van der Waals surface area contributed by atoms with Gasteiger partial charge >= 0.3 is 0 Å². The summed E-state index contributed by atoms with van der Waals surface area (Å²) in [5.74, 6) is 2.21. The van der Waals surface area contributed by atoms with Gasteiger partial charge in [0.25, 0.3) is 0 Å². The van der Waals surface area contributed by atoms with Crippen LogP contribution in [0.3, 0.4) is 0 Å². The lowest BCUT2D eigenvalue weighted by molar-refractivity contribution is -0.118. The lowest BCUT2D eigenvalue weighted by atomic mass is 9.73. The van der Waals surface area contributed by atoms with Crippen LogP contribution in [0.5, 0.6) is 11.5 Å². The summed E-state index contributed by atoms with van der Waals surface area (Å²) in [6.07, 6.45) is 2.19. The molecule has 2 heterocycles. The summed E-state index contributed by atoms with van der Waals surface area (Å²) in [5.41, 5.74) is 2.68. The van der Waals surface area contributed by atoms with Gasteiger partial charge in [0.15, 0.2) is 17.3 Å². The number of nitrogens with zero attached hydrogens (tertiary/aromatic N) is 3. The third-order valence-electron chi connectivity index (χ3n) is 6.65. The summed E-state index contributed by atoms with van der Waals surface area (Å²) in [6.45, 7) is 6.37. The Morgan fingerprint density at radius 2 is 2.05 bits per heavy atom. The van der Waals surface area contributed by atoms with E-state index in [0.717, 1.165) is 29.9 Å². The molecule has 1 atom stereocenters. The van der Waals surface area contributed by atoms with E-state index in [4.69, 9.17) is 19.6 Å². The fraction of sp³-hybridized carbons (Fsp3) is 0.393. The van der Waals surface area contributed by atoms with Crippen LogP contribution in [0.15, 0.2) is 57.3 Å². The molecule has 1 N–H and O–H groups in total. The zero-order valence-corrected chi connectivity index (χ0v) is 24.2. The largest absolute Gasteiger partial charge is 0.493 e. The van der Waals surface area contributed by atoms with Crippen LogP contribution in [-0.2, 0) is 11.4 Å². The van der Waals surface area contributed by atoms with Crippen molar-refractivity contribution in [1.29, 1.82) is 0 Å². The first-order valence-corrected chi connectivity index (χ1v) is 14.3. The molecule has 1 aromatic heterocycles. The Kier molecular flexibility index (Phi) is 7.55. The van der Waals surface area contributed by atoms with Crippen molar-refractivity contribution in [2.24, 2.45) is 5.41 Å². The minimum atomic E-state index is -0.473. The first kappa shape index (κ1) is 26.7. The van der Waals surface area contributed by atoms with E-state index in [1.807, 2.05) is 12.1 Å². The maximum atomic E-state index is 14.2. The molecule has 3 aromatic rings.